The highest BCUT2D eigenvalue weighted by molar-refractivity contribution is 7.87. The third-order valence-corrected chi connectivity index (χ3v) is 6.18. The summed E-state index contributed by atoms with van der Waals surface area (Å²) in [5.41, 5.74) is 2.17. The van der Waals surface area contributed by atoms with E-state index in [2.05, 4.69) is 30.8 Å². The van der Waals surface area contributed by atoms with Crippen LogP contribution in [0.4, 0.5) is 5.95 Å². The third kappa shape index (κ3) is 4.92. The van der Waals surface area contributed by atoms with Gasteiger partial charge in [0, 0.05) is 45.1 Å². The van der Waals surface area contributed by atoms with Gasteiger partial charge >= 0.3 is 10.1 Å². The molecule has 2 aromatic heterocycles. The molecule has 1 aliphatic heterocycles. The first kappa shape index (κ1) is 20.2. The summed E-state index contributed by atoms with van der Waals surface area (Å²) in [6, 6.07) is 10.5. The average molecular weight is 426 g/mol. The quantitative estimate of drug-likeness (QED) is 0.556. The van der Waals surface area contributed by atoms with Gasteiger partial charge in [0.15, 0.2) is 5.75 Å². The first-order chi connectivity index (χ1) is 14.5. The summed E-state index contributed by atoms with van der Waals surface area (Å²) in [7, 11) is -3.91. The number of rotatable bonds is 6. The Kier molecular flexibility index (Phi) is 5.91. The van der Waals surface area contributed by atoms with E-state index in [0.717, 1.165) is 38.3 Å². The zero-order valence-corrected chi connectivity index (χ0v) is 17.5. The molecule has 9 heteroatoms. The molecule has 0 amide bonds. The van der Waals surface area contributed by atoms with Gasteiger partial charge in [0.1, 0.15) is 4.90 Å². The SMILES string of the molecule is Cc1ccc(S(=O)(=O)Oc2cnc(N3CCN(Cc4cccnc4)CC3)nc2)cc1. The highest BCUT2D eigenvalue weighted by Crippen LogP contribution is 2.20. The summed E-state index contributed by atoms with van der Waals surface area (Å²) in [6.45, 7) is 6.12. The fraction of sp³-hybridized carbons (Fsp3) is 0.286. The Morgan fingerprint density at radius 1 is 0.967 bits per heavy atom. The van der Waals surface area contributed by atoms with Crippen LogP contribution in [0.5, 0.6) is 5.75 Å². The predicted octanol–water partition coefficient (Wildman–Crippen LogP) is 2.27. The maximum Gasteiger partial charge on any atom is 0.339 e. The van der Waals surface area contributed by atoms with E-state index >= 15 is 0 Å². The van der Waals surface area contributed by atoms with Crippen molar-refractivity contribution in [2.75, 3.05) is 31.1 Å². The molecule has 0 aliphatic carbocycles. The fourth-order valence-corrected chi connectivity index (χ4v) is 4.16. The molecular weight excluding hydrogens is 402 g/mol. The lowest BCUT2D eigenvalue weighted by atomic mass is 10.2. The lowest BCUT2D eigenvalue weighted by Gasteiger charge is -2.34. The molecule has 0 unspecified atom stereocenters. The smallest absolute Gasteiger partial charge is 0.339 e. The maximum absolute atomic E-state index is 12.4. The Labute approximate surface area is 176 Å². The Morgan fingerprint density at radius 2 is 1.67 bits per heavy atom. The molecule has 3 heterocycles. The van der Waals surface area contributed by atoms with Crippen molar-refractivity contribution in [3.63, 3.8) is 0 Å². The van der Waals surface area contributed by atoms with Gasteiger partial charge in [-0.3, -0.25) is 9.88 Å². The highest BCUT2D eigenvalue weighted by Gasteiger charge is 2.20. The number of anilines is 1. The number of hydrogen-bond donors (Lipinski definition) is 0. The lowest BCUT2D eigenvalue weighted by molar-refractivity contribution is 0.248. The first-order valence-electron chi connectivity index (χ1n) is 9.69. The molecule has 0 atom stereocenters. The van der Waals surface area contributed by atoms with Crippen LogP contribution in [0.2, 0.25) is 0 Å². The number of benzene rings is 1. The van der Waals surface area contributed by atoms with Crippen molar-refractivity contribution in [2.45, 2.75) is 18.4 Å². The van der Waals surface area contributed by atoms with Gasteiger partial charge in [0.05, 0.1) is 12.4 Å². The van der Waals surface area contributed by atoms with Crippen molar-refractivity contribution in [3.8, 4) is 5.75 Å². The van der Waals surface area contributed by atoms with E-state index in [0.29, 0.717) is 5.95 Å². The Bertz CT molecular complexity index is 1070. The van der Waals surface area contributed by atoms with Crippen LogP contribution < -0.4 is 9.08 Å². The topological polar surface area (TPSA) is 88.5 Å². The van der Waals surface area contributed by atoms with E-state index in [-0.39, 0.29) is 10.6 Å². The van der Waals surface area contributed by atoms with Gasteiger partial charge in [-0.1, -0.05) is 23.8 Å². The van der Waals surface area contributed by atoms with Gasteiger partial charge in [0.25, 0.3) is 0 Å². The van der Waals surface area contributed by atoms with E-state index in [1.807, 2.05) is 19.2 Å². The minimum absolute atomic E-state index is 0.0922. The van der Waals surface area contributed by atoms with Crippen LogP contribution in [-0.2, 0) is 16.7 Å². The molecule has 0 saturated carbocycles. The summed E-state index contributed by atoms with van der Waals surface area (Å²) >= 11 is 0. The molecule has 0 radical (unpaired) electrons. The molecule has 1 saturated heterocycles. The Balaban J connectivity index is 1.34. The van der Waals surface area contributed by atoms with Crippen molar-refractivity contribution >= 4 is 16.1 Å². The zero-order chi connectivity index (χ0) is 21.0. The average Bonchev–Trinajstić information content (AvgIpc) is 2.76. The van der Waals surface area contributed by atoms with Crippen molar-refractivity contribution in [2.24, 2.45) is 0 Å². The Morgan fingerprint density at radius 3 is 2.30 bits per heavy atom. The lowest BCUT2D eigenvalue weighted by Crippen LogP contribution is -2.46. The standard InChI is InChI=1S/C21H23N5O3S/c1-17-4-6-20(7-5-17)30(27,28)29-19-14-23-21(24-15-19)26-11-9-25(10-12-26)16-18-3-2-8-22-13-18/h2-8,13-15H,9-12,16H2,1H3. The van der Waals surface area contributed by atoms with Crippen LogP contribution >= 0.6 is 0 Å². The summed E-state index contributed by atoms with van der Waals surface area (Å²) in [6.07, 6.45) is 6.46. The third-order valence-electron chi connectivity index (χ3n) is 4.91. The van der Waals surface area contributed by atoms with Gasteiger partial charge in [-0.15, -0.1) is 0 Å². The first-order valence-corrected chi connectivity index (χ1v) is 11.1. The van der Waals surface area contributed by atoms with Crippen LogP contribution in [0.3, 0.4) is 0 Å². The second-order valence-electron chi connectivity index (χ2n) is 7.19. The Hall–Kier alpha value is -3.04. The summed E-state index contributed by atoms with van der Waals surface area (Å²) in [5, 5.41) is 0. The minimum Gasteiger partial charge on any atom is -0.376 e. The molecule has 1 aromatic carbocycles. The molecule has 4 rings (SSSR count). The number of hydrogen-bond acceptors (Lipinski definition) is 8. The minimum atomic E-state index is -3.91. The molecule has 3 aromatic rings. The zero-order valence-electron chi connectivity index (χ0n) is 16.7. The largest absolute Gasteiger partial charge is 0.376 e. The van der Waals surface area contributed by atoms with Gasteiger partial charge < -0.3 is 9.08 Å². The van der Waals surface area contributed by atoms with Crippen LogP contribution in [0.25, 0.3) is 0 Å². The molecular formula is C21H23N5O3S. The molecule has 1 fully saturated rings. The monoisotopic (exact) mass is 425 g/mol. The van der Waals surface area contributed by atoms with E-state index in [9.17, 15) is 8.42 Å². The van der Waals surface area contributed by atoms with Gasteiger partial charge in [-0.05, 0) is 30.7 Å². The normalized spacial score (nSPS) is 15.2. The second kappa shape index (κ2) is 8.76. The van der Waals surface area contributed by atoms with Crippen molar-refractivity contribution in [1.82, 2.24) is 19.9 Å². The highest BCUT2D eigenvalue weighted by atomic mass is 32.2. The van der Waals surface area contributed by atoms with Crippen LogP contribution in [0, 0.1) is 6.92 Å². The molecule has 30 heavy (non-hydrogen) atoms. The van der Waals surface area contributed by atoms with E-state index in [1.165, 1.54) is 30.1 Å². The van der Waals surface area contributed by atoms with Gasteiger partial charge in [-0.2, -0.15) is 8.42 Å². The predicted molar refractivity (Wildman–Crippen MR) is 113 cm³/mol. The number of pyridine rings is 1. The molecule has 156 valence electrons. The summed E-state index contributed by atoms with van der Waals surface area (Å²) in [4.78, 5) is 17.3. The summed E-state index contributed by atoms with van der Waals surface area (Å²) in [5.74, 6) is 0.658. The molecule has 0 spiro atoms. The van der Waals surface area contributed by atoms with Gasteiger partial charge in [-0.25, -0.2) is 9.97 Å². The number of piperazine rings is 1. The van der Waals surface area contributed by atoms with E-state index in [1.54, 1.807) is 18.3 Å². The van der Waals surface area contributed by atoms with Crippen LogP contribution in [0.15, 0.2) is 66.1 Å². The molecule has 0 N–H and O–H groups in total. The van der Waals surface area contributed by atoms with Crippen molar-refractivity contribution in [1.29, 1.82) is 0 Å². The number of aryl methyl sites for hydroxylation is 1. The second-order valence-corrected chi connectivity index (χ2v) is 8.74. The van der Waals surface area contributed by atoms with Crippen LogP contribution in [-0.4, -0.2) is 54.4 Å². The number of nitrogens with zero attached hydrogens (tertiary/aromatic N) is 5. The van der Waals surface area contributed by atoms with Crippen molar-refractivity contribution < 1.29 is 12.6 Å². The maximum atomic E-state index is 12.4. The molecule has 1 aliphatic rings. The summed E-state index contributed by atoms with van der Waals surface area (Å²) < 4.78 is 29.9. The van der Waals surface area contributed by atoms with Gasteiger partial charge in [0.2, 0.25) is 5.95 Å². The molecule has 0 bridgehead atoms. The molecule has 8 nitrogen and oxygen atoms in total. The van der Waals surface area contributed by atoms with E-state index < -0.39 is 10.1 Å². The van der Waals surface area contributed by atoms with Crippen LogP contribution in [0.1, 0.15) is 11.1 Å². The van der Waals surface area contributed by atoms with Crippen molar-refractivity contribution in [3.05, 3.63) is 72.3 Å². The fourth-order valence-electron chi connectivity index (χ4n) is 3.25. The number of aromatic nitrogens is 3. The van der Waals surface area contributed by atoms with E-state index in [4.69, 9.17) is 4.18 Å².